The second-order valence-electron chi connectivity index (χ2n) is 5.47. The highest BCUT2D eigenvalue weighted by atomic mass is 16.7. The average molecular weight is 320 g/mol. The quantitative estimate of drug-likeness (QED) is 0.686. The summed E-state index contributed by atoms with van der Waals surface area (Å²) in [6.07, 6.45) is 1.58. The maximum atomic E-state index is 12.0. The zero-order chi connectivity index (χ0) is 16.4. The van der Waals surface area contributed by atoms with Gasteiger partial charge in [-0.25, -0.2) is 4.79 Å². The van der Waals surface area contributed by atoms with Crippen LogP contribution in [0.2, 0.25) is 0 Å². The van der Waals surface area contributed by atoms with Gasteiger partial charge in [0.25, 0.3) is 5.91 Å². The second kappa shape index (κ2) is 6.15. The molecule has 0 bridgehead atoms. The molecule has 1 atom stereocenters. The number of rotatable bonds is 6. The molecule has 3 N–H and O–H groups in total. The summed E-state index contributed by atoms with van der Waals surface area (Å²) in [4.78, 5) is 34.8. The first-order valence-corrected chi connectivity index (χ1v) is 7.24. The van der Waals surface area contributed by atoms with Crippen molar-refractivity contribution in [2.45, 2.75) is 18.9 Å². The lowest BCUT2D eigenvalue weighted by molar-refractivity contribution is -0.142. The Hall–Kier alpha value is -2.77. The Kier molecular flexibility index (Phi) is 4.05. The van der Waals surface area contributed by atoms with Crippen LogP contribution in [0, 0.1) is 5.92 Å². The minimum Gasteiger partial charge on any atom is -0.480 e. The first kappa shape index (κ1) is 15.1. The van der Waals surface area contributed by atoms with Gasteiger partial charge in [-0.3, -0.25) is 9.59 Å². The molecule has 0 aromatic heterocycles. The fourth-order valence-electron chi connectivity index (χ4n) is 2.34. The Morgan fingerprint density at radius 2 is 1.96 bits per heavy atom. The van der Waals surface area contributed by atoms with Gasteiger partial charge in [-0.15, -0.1) is 0 Å². The van der Waals surface area contributed by atoms with Crippen molar-refractivity contribution in [2.75, 3.05) is 13.3 Å². The number of aliphatic carboxylic acids is 1. The van der Waals surface area contributed by atoms with E-state index < -0.39 is 23.8 Å². The summed E-state index contributed by atoms with van der Waals surface area (Å²) in [5.41, 5.74) is 0.332. The van der Waals surface area contributed by atoms with E-state index in [2.05, 4.69) is 10.6 Å². The summed E-state index contributed by atoms with van der Waals surface area (Å²) in [6, 6.07) is 3.82. The number of ether oxygens (including phenoxy) is 2. The minimum atomic E-state index is -1.05. The molecule has 0 spiro atoms. The molecule has 1 heterocycles. The number of carboxylic acids is 1. The van der Waals surface area contributed by atoms with Gasteiger partial charge in [-0.05, 0) is 37.0 Å². The number of fused-ring (bicyclic) bond motifs is 1. The lowest BCUT2D eigenvalue weighted by Crippen LogP contribution is -2.46. The molecule has 1 aromatic rings. The van der Waals surface area contributed by atoms with Gasteiger partial charge in [0.15, 0.2) is 11.5 Å². The van der Waals surface area contributed by atoms with Crippen LogP contribution >= 0.6 is 0 Å². The number of carboxylic acid groups (broad SMARTS) is 1. The molecule has 1 saturated carbocycles. The van der Waals surface area contributed by atoms with Crippen molar-refractivity contribution in [2.24, 2.45) is 5.92 Å². The maximum Gasteiger partial charge on any atom is 0.326 e. The minimum absolute atomic E-state index is 0.0130. The number of carbonyl (C=O) groups excluding carboxylic acids is 2. The fraction of sp³-hybridized carbons (Fsp3) is 0.400. The molecule has 1 aliphatic heterocycles. The third-order valence-electron chi connectivity index (χ3n) is 3.72. The van der Waals surface area contributed by atoms with Gasteiger partial charge in [0, 0.05) is 5.56 Å². The van der Waals surface area contributed by atoms with Crippen LogP contribution in [0.15, 0.2) is 18.2 Å². The van der Waals surface area contributed by atoms with Crippen LogP contribution in [0.4, 0.5) is 0 Å². The van der Waals surface area contributed by atoms with Crippen molar-refractivity contribution in [3.05, 3.63) is 23.8 Å². The van der Waals surface area contributed by atoms with E-state index >= 15 is 0 Å². The Morgan fingerprint density at radius 3 is 2.65 bits per heavy atom. The first-order chi connectivity index (χ1) is 11.0. The van der Waals surface area contributed by atoms with Crippen molar-refractivity contribution >= 4 is 17.8 Å². The van der Waals surface area contributed by atoms with E-state index in [4.69, 9.17) is 14.6 Å². The molecule has 2 amide bonds. The third kappa shape index (κ3) is 3.53. The van der Waals surface area contributed by atoms with Crippen LogP contribution in [0.5, 0.6) is 11.5 Å². The largest absolute Gasteiger partial charge is 0.480 e. The van der Waals surface area contributed by atoms with Gasteiger partial charge in [0.05, 0.1) is 6.54 Å². The first-order valence-electron chi connectivity index (χ1n) is 7.24. The van der Waals surface area contributed by atoms with Gasteiger partial charge in [0.2, 0.25) is 12.7 Å². The number of hydrogen-bond acceptors (Lipinski definition) is 5. The summed E-state index contributed by atoms with van der Waals surface area (Å²) in [6.45, 7) is -0.176. The monoisotopic (exact) mass is 320 g/mol. The molecule has 1 unspecified atom stereocenters. The van der Waals surface area contributed by atoms with E-state index in [1.807, 2.05) is 0 Å². The van der Waals surface area contributed by atoms with Gasteiger partial charge in [-0.1, -0.05) is 0 Å². The molecule has 1 aromatic carbocycles. The van der Waals surface area contributed by atoms with Crippen molar-refractivity contribution in [1.29, 1.82) is 0 Å². The molecule has 3 rings (SSSR count). The summed E-state index contributed by atoms with van der Waals surface area (Å²) in [7, 11) is 0. The number of hydrogen-bond donors (Lipinski definition) is 3. The molecule has 0 saturated heterocycles. The lowest BCUT2D eigenvalue weighted by atomic mass is 10.2. The number of nitrogens with one attached hydrogen (secondary N) is 2. The van der Waals surface area contributed by atoms with E-state index in [9.17, 15) is 14.4 Å². The predicted octanol–water partition coefficient (Wildman–Crippen LogP) is 0.124. The van der Waals surface area contributed by atoms with Crippen LogP contribution in [0.3, 0.4) is 0 Å². The Bertz CT molecular complexity index is 655. The fourth-order valence-corrected chi connectivity index (χ4v) is 2.34. The number of amides is 2. The highest BCUT2D eigenvalue weighted by Gasteiger charge is 2.37. The Morgan fingerprint density at radius 1 is 1.22 bits per heavy atom. The predicted molar refractivity (Wildman–Crippen MR) is 77.2 cm³/mol. The van der Waals surface area contributed by atoms with Crippen molar-refractivity contribution in [3.63, 3.8) is 0 Å². The lowest BCUT2D eigenvalue weighted by Gasteiger charge is -2.13. The Labute approximate surface area is 131 Å². The summed E-state index contributed by atoms with van der Waals surface area (Å²) >= 11 is 0. The van der Waals surface area contributed by atoms with Gasteiger partial charge >= 0.3 is 5.97 Å². The average Bonchev–Trinajstić information content (AvgIpc) is 3.26. The second-order valence-corrected chi connectivity index (χ2v) is 5.47. The molecule has 0 radical (unpaired) electrons. The van der Waals surface area contributed by atoms with Crippen LogP contribution in [0.25, 0.3) is 0 Å². The molecular weight excluding hydrogens is 304 g/mol. The van der Waals surface area contributed by atoms with Crippen LogP contribution in [0.1, 0.15) is 23.2 Å². The van der Waals surface area contributed by atoms with Crippen molar-refractivity contribution in [3.8, 4) is 11.5 Å². The number of carbonyl (C=O) groups is 3. The normalized spacial score (nSPS) is 16.5. The van der Waals surface area contributed by atoms with Gasteiger partial charge < -0.3 is 25.2 Å². The smallest absolute Gasteiger partial charge is 0.326 e. The summed E-state index contributed by atoms with van der Waals surface area (Å²) in [5.74, 6) is -1.01. The highest BCUT2D eigenvalue weighted by Crippen LogP contribution is 2.33. The molecule has 122 valence electrons. The standard InChI is InChI=1S/C15H16N2O6/c18-12(17-13(15(20)21)8-1-2-8)6-16-14(19)9-3-4-10-11(5-9)23-7-22-10/h3-5,8,13H,1-2,6-7H2,(H,16,19)(H,17,18)(H,20,21). The van der Waals surface area contributed by atoms with E-state index in [1.165, 1.54) is 6.07 Å². The maximum absolute atomic E-state index is 12.0. The zero-order valence-electron chi connectivity index (χ0n) is 12.2. The Balaban J connectivity index is 1.52. The van der Waals surface area contributed by atoms with Crippen LogP contribution in [-0.2, 0) is 9.59 Å². The SMILES string of the molecule is O=C(CNC(=O)c1ccc2c(c1)OCO2)NC(C(=O)O)C1CC1. The van der Waals surface area contributed by atoms with Crippen molar-refractivity contribution < 1.29 is 29.0 Å². The molecule has 1 aliphatic carbocycles. The molecule has 1 fully saturated rings. The summed E-state index contributed by atoms with van der Waals surface area (Å²) < 4.78 is 10.3. The van der Waals surface area contributed by atoms with Gasteiger partial charge in [-0.2, -0.15) is 0 Å². The van der Waals surface area contributed by atoms with E-state index in [1.54, 1.807) is 12.1 Å². The molecular formula is C15H16N2O6. The number of benzene rings is 1. The molecule has 8 nitrogen and oxygen atoms in total. The van der Waals surface area contributed by atoms with Crippen molar-refractivity contribution in [1.82, 2.24) is 10.6 Å². The topological polar surface area (TPSA) is 114 Å². The zero-order valence-corrected chi connectivity index (χ0v) is 12.2. The van der Waals surface area contributed by atoms with E-state index in [0.717, 1.165) is 12.8 Å². The van der Waals surface area contributed by atoms with Gasteiger partial charge in [0.1, 0.15) is 6.04 Å². The molecule has 23 heavy (non-hydrogen) atoms. The van der Waals surface area contributed by atoms with E-state index in [0.29, 0.717) is 17.1 Å². The third-order valence-corrected chi connectivity index (χ3v) is 3.72. The molecule has 2 aliphatic rings. The van der Waals surface area contributed by atoms with Crippen LogP contribution in [-0.4, -0.2) is 42.3 Å². The van der Waals surface area contributed by atoms with Crippen LogP contribution < -0.4 is 20.1 Å². The molecule has 8 heteroatoms. The summed E-state index contributed by atoms with van der Waals surface area (Å²) in [5, 5.41) is 13.9. The highest BCUT2D eigenvalue weighted by molar-refractivity contribution is 5.97. The van der Waals surface area contributed by atoms with E-state index in [-0.39, 0.29) is 19.3 Å².